The van der Waals surface area contributed by atoms with Gasteiger partial charge in [0.2, 0.25) is 0 Å². The largest absolute Gasteiger partial charge is 0.494 e. The number of aromatic nitrogens is 1. The molecule has 1 aromatic rings. The molecule has 0 spiro atoms. The van der Waals surface area contributed by atoms with Gasteiger partial charge in [-0.3, -0.25) is 0 Å². The maximum atomic E-state index is 5.55. The van der Waals surface area contributed by atoms with Crippen LogP contribution in [-0.2, 0) is 0 Å². The second kappa shape index (κ2) is 2.75. The van der Waals surface area contributed by atoms with Gasteiger partial charge in [-0.1, -0.05) is 11.6 Å². The topological polar surface area (TPSA) is 48.1 Å². The van der Waals surface area contributed by atoms with Crippen LogP contribution in [0.25, 0.3) is 0 Å². The van der Waals surface area contributed by atoms with E-state index in [1.807, 2.05) is 0 Å². The Balaban J connectivity index is 3.09. The summed E-state index contributed by atoms with van der Waals surface area (Å²) in [5.41, 5.74) is 5.95. The fourth-order valence-electron chi connectivity index (χ4n) is 0.600. The van der Waals surface area contributed by atoms with Gasteiger partial charge in [-0.05, 0) is 0 Å². The maximum absolute atomic E-state index is 5.55. The third kappa shape index (κ3) is 1.30. The predicted molar refractivity (Wildman–Crippen MR) is 40.2 cm³/mol. The van der Waals surface area contributed by atoms with Crippen molar-refractivity contribution in [3.05, 3.63) is 17.4 Å². The van der Waals surface area contributed by atoms with Crippen LogP contribution in [0.3, 0.4) is 0 Å². The van der Waals surface area contributed by atoms with Crippen molar-refractivity contribution in [3.8, 4) is 5.75 Å². The monoisotopic (exact) mass is 158 g/mol. The van der Waals surface area contributed by atoms with Gasteiger partial charge in [-0.25, -0.2) is 4.98 Å². The van der Waals surface area contributed by atoms with Gasteiger partial charge in [0.15, 0.2) is 0 Å². The molecule has 0 atom stereocenters. The Morgan fingerprint density at radius 3 is 2.90 bits per heavy atom. The van der Waals surface area contributed by atoms with Gasteiger partial charge in [-0.2, -0.15) is 0 Å². The van der Waals surface area contributed by atoms with E-state index in [1.54, 1.807) is 6.07 Å². The van der Waals surface area contributed by atoms with Crippen LogP contribution in [0.2, 0.25) is 5.15 Å². The van der Waals surface area contributed by atoms with Crippen LogP contribution in [-0.4, -0.2) is 12.1 Å². The number of halogens is 1. The zero-order valence-corrected chi connectivity index (χ0v) is 6.22. The van der Waals surface area contributed by atoms with Crippen LogP contribution in [0.15, 0.2) is 12.3 Å². The fraction of sp³-hybridized carbons (Fsp3) is 0.167. The molecule has 1 rings (SSSR count). The van der Waals surface area contributed by atoms with E-state index in [4.69, 9.17) is 22.1 Å². The number of pyridine rings is 1. The minimum Gasteiger partial charge on any atom is -0.494 e. The number of hydrogen-bond acceptors (Lipinski definition) is 3. The molecule has 0 saturated heterocycles. The number of methoxy groups -OCH3 is 1. The van der Waals surface area contributed by atoms with E-state index in [-0.39, 0.29) is 0 Å². The van der Waals surface area contributed by atoms with Gasteiger partial charge in [0.1, 0.15) is 10.9 Å². The van der Waals surface area contributed by atoms with Crippen molar-refractivity contribution >= 4 is 17.3 Å². The lowest BCUT2D eigenvalue weighted by Gasteiger charge is -2.01. The summed E-state index contributed by atoms with van der Waals surface area (Å²) in [6, 6.07) is 1.57. The first-order chi connectivity index (χ1) is 4.74. The lowest BCUT2D eigenvalue weighted by molar-refractivity contribution is 0.416. The highest BCUT2D eigenvalue weighted by Gasteiger charge is 1.98. The number of ether oxygens (including phenoxy) is 1. The summed E-state index contributed by atoms with van der Waals surface area (Å²) in [5.74, 6) is 0.556. The predicted octanol–water partition coefficient (Wildman–Crippen LogP) is 1.33. The van der Waals surface area contributed by atoms with Crippen LogP contribution in [0.5, 0.6) is 5.75 Å². The van der Waals surface area contributed by atoms with Crippen molar-refractivity contribution in [2.24, 2.45) is 0 Å². The van der Waals surface area contributed by atoms with E-state index >= 15 is 0 Å². The average molecular weight is 159 g/mol. The molecule has 0 aliphatic rings. The SMILES string of the molecule is COc1cc(Cl)ncc1N. The van der Waals surface area contributed by atoms with Crippen LogP contribution >= 0.6 is 11.6 Å². The van der Waals surface area contributed by atoms with Gasteiger partial charge in [0.25, 0.3) is 0 Å². The van der Waals surface area contributed by atoms with Crippen LogP contribution in [0.1, 0.15) is 0 Å². The zero-order chi connectivity index (χ0) is 7.56. The number of rotatable bonds is 1. The van der Waals surface area contributed by atoms with E-state index in [1.165, 1.54) is 13.3 Å². The summed E-state index contributed by atoms with van der Waals surface area (Å²) in [4.78, 5) is 3.75. The molecule has 0 bridgehead atoms. The fourth-order valence-corrected chi connectivity index (χ4v) is 0.748. The van der Waals surface area contributed by atoms with E-state index < -0.39 is 0 Å². The summed E-state index contributed by atoms with van der Waals surface area (Å²) in [7, 11) is 1.53. The first kappa shape index (κ1) is 7.15. The molecule has 54 valence electrons. The summed E-state index contributed by atoms with van der Waals surface area (Å²) in [6.45, 7) is 0. The van der Waals surface area contributed by atoms with Crippen LogP contribution in [0, 0.1) is 0 Å². The van der Waals surface area contributed by atoms with E-state index in [0.29, 0.717) is 16.6 Å². The number of nitrogen functional groups attached to an aromatic ring is 1. The van der Waals surface area contributed by atoms with E-state index in [2.05, 4.69) is 4.98 Å². The first-order valence-corrected chi connectivity index (χ1v) is 3.07. The zero-order valence-electron chi connectivity index (χ0n) is 5.47. The Labute approximate surface area is 63.8 Å². The molecule has 0 fully saturated rings. The van der Waals surface area contributed by atoms with Crippen LogP contribution < -0.4 is 10.5 Å². The quantitative estimate of drug-likeness (QED) is 0.628. The van der Waals surface area contributed by atoms with Crippen LogP contribution in [0.4, 0.5) is 5.69 Å². The van der Waals surface area contributed by atoms with Gasteiger partial charge in [-0.15, -0.1) is 0 Å². The summed E-state index contributed by atoms with van der Waals surface area (Å²) >= 11 is 5.55. The minimum atomic E-state index is 0.381. The molecule has 0 unspecified atom stereocenters. The maximum Gasteiger partial charge on any atom is 0.146 e. The number of nitrogens with zero attached hydrogens (tertiary/aromatic N) is 1. The van der Waals surface area contributed by atoms with Gasteiger partial charge in [0, 0.05) is 6.07 Å². The van der Waals surface area contributed by atoms with E-state index in [0.717, 1.165) is 0 Å². The number of anilines is 1. The third-order valence-corrected chi connectivity index (χ3v) is 1.29. The highest BCUT2D eigenvalue weighted by atomic mass is 35.5. The molecular weight excluding hydrogens is 152 g/mol. The summed E-state index contributed by atoms with van der Waals surface area (Å²) in [6.07, 6.45) is 1.46. The van der Waals surface area contributed by atoms with Crippen molar-refractivity contribution in [2.75, 3.05) is 12.8 Å². The van der Waals surface area contributed by atoms with Crippen molar-refractivity contribution < 1.29 is 4.74 Å². The molecule has 1 heterocycles. The smallest absolute Gasteiger partial charge is 0.146 e. The molecule has 0 aliphatic carbocycles. The molecule has 0 amide bonds. The van der Waals surface area contributed by atoms with Crippen molar-refractivity contribution in [3.63, 3.8) is 0 Å². The third-order valence-electron chi connectivity index (χ3n) is 1.08. The van der Waals surface area contributed by atoms with E-state index in [9.17, 15) is 0 Å². The van der Waals surface area contributed by atoms with Gasteiger partial charge < -0.3 is 10.5 Å². The molecule has 2 N–H and O–H groups in total. The Hall–Kier alpha value is -0.960. The average Bonchev–Trinajstić information content (AvgIpc) is 1.94. The molecular formula is C6H7ClN2O. The second-order valence-electron chi connectivity index (χ2n) is 1.75. The van der Waals surface area contributed by atoms with Gasteiger partial charge >= 0.3 is 0 Å². The molecule has 3 nitrogen and oxygen atoms in total. The number of nitrogens with two attached hydrogens (primary N) is 1. The first-order valence-electron chi connectivity index (χ1n) is 2.69. The second-order valence-corrected chi connectivity index (χ2v) is 2.14. The summed E-state index contributed by atoms with van der Waals surface area (Å²) in [5, 5.41) is 0.381. The molecule has 1 aromatic heterocycles. The number of hydrogen-bond donors (Lipinski definition) is 1. The van der Waals surface area contributed by atoms with Crippen molar-refractivity contribution in [1.82, 2.24) is 4.98 Å². The molecule has 0 saturated carbocycles. The normalized spacial score (nSPS) is 9.40. The molecule has 0 aliphatic heterocycles. The lowest BCUT2D eigenvalue weighted by atomic mass is 10.4. The lowest BCUT2D eigenvalue weighted by Crippen LogP contribution is -1.92. The molecule has 4 heteroatoms. The van der Waals surface area contributed by atoms with Crippen molar-refractivity contribution in [2.45, 2.75) is 0 Å². The Morgan fingerprint density at radius 2 is 2.40 bits per heavy atom. The van der Waals surface area contributed by atoms with Crippen molar-refractivity contribution in [1.29, 1.82) is 0 Å². The Bertz CT molecular complexity index is 239. The summed E-state index contributed by atoms with van der Waals surface area (Å²) < 4.78 is 4.88. The molecule has 0 radical (unpaired) electrons. The Morgan fingerprint density at radius 1 is 1.70 bits per heavy atom. The molecule has 0 aromatic carbocycles. The standard InChI is InChI=1S/C6H7ClN2O/c1-10-5-2-6(7)9-3-4(5)8/h2-3H,8H2,1H3. The minimum absolute atomic E-state index is 0.381. The highest BCUT2D eigenvalue weighted by Crippen LogP contribution is 2.21. The van der Waals surface area contributed by atoms with Gasteiger partial charge in [0.05, 0.1) is 19.0 Å². The Kier molecular flexibility index (Phi) is 1.97. The highest BCUT2D eigenvalue weighted by molar-refractivity contribution is 6.29. The molecule has 10 heavy (non-hydrogen) atoms.